The number of para-hydroxylation sites is 1. The highest BCUT2D eigenvalue weighted by Gasteiger charge is 2.27. The van der Waals surface area contributed by atoms with Crippen LogP contribution < -0.4 is 5.56 Å². The summed E-state index contributed by atoms with van der Waals surface area (Å²) < 4.78 is 15.0. The monoisotopic (exact) mass is 435 g/mol. The van der Waals surface area contributed by atoms with E-state index in [4.69, 9.17) is 4.98 Å². The molecule has 31 heavy (non-hydrogen) atoms. The second-order valence-corrected chi connectivity index (χ2v) is 8.20. The lowest BCUT2D eigenvalue weighted by Gasteiger charge is -2.30. The van der Waals surface area contributed by atoms with Gasteiger partial charge in [-0.1, -0.05) is 25.1 Å². The Morgan fingerprint density at radius 2 is 1.87 bits per heavy atom. The number of aromatic nitrogens is 2. The number of halogens is 1. The van der Waals surface area contributed by atoms with Crippen LogP contribution in [0.25, 0.3) is 16.6 Å². The molecule has 1 amide bonds. The Hall–Kier alpha value is -3.32. The molecule has 0 bridgehead atoms. The van der Waals surface area contributed by atoms with Gasteiger partial charge in [-0.05, 0) is 61.2 Å². The third-order valence-electron chi connectivity index (χ3n) is 5.18. The summed E-state index contributed by atoms with van der Waals surface area (Å²) in [5, 5.41) is 2.33. The van der Waals surface area contributed by atoms with Crippen molar-refractivity contribution in [2.45, 2.75) is 26.3 Å². The Morgan fingerprint density at radius 1 is 1.13 bits per heavy atom. The predicted octanol–water partition coefficient (Wildman–Crippen LogP) is 5.20. The number of hydrogen-bond acceptors (Lipinski definition) is 4. The molecule has 0 aliphatic rings. The fraction of sp³-hybridized carbons (Fsp3) is 0.208. The van der Waals surface area contributed by atoms with Crippen molar-refractivity contribution in [1.29, 1.82) is 0 Å². The minimum atomic E-state index is -0.475. The van der Waals surface area contributed by atoms with Crippen LogP contribution in [0.3, 0.4) is 0 Å². The molecule has 0 saturated heterocycles. The van der Waals surface area contributed by atoms with Gasteiger partial charge in [0.15, 0.2) is 0 Å². The van der Waals surface area contributed by atoms with Crippen LogP contribution >= 0.6 is 11.3 Å². The Labute approximate surface area is 183 Å². The summed E-state index contributed by atoms with van der Waals surface area (Å²) in [6, 6.07) is 16.0. The van der Waals surface area contributed by atoms with E-state index in [9.17, 15) is 14.0 Å². The number of carbonyl (C=O) groups excluding carboxylic acids is 1. The van der Waals surface area contributed by atoms with Crippen molar-refractivity contribution in [3.8, 4) is 5.69 Å². The van der Waals surface area contributed by atoms with Crippen LogP contribution in [-0.2, 0) is 0 Å². The summed E-state index contributed by atoms with van der Waals surface area (Å²) in [6.07, 6.45) is 0.760. The molecule has 7 heteroatoms. The maximum Gasteiger partial charge on any atom is 0.266 e. The highest BCUT2D eigenvalue weighted by molar-refractivity contribution is 7.12. The fourth-order valence-electron chi connectivity index (χ4n) is 3.66. The lowest BCUT2D eigenvalue weighted by molar-refractivity contribution is 0.0686. The van der Waals surface area contributed by atoms with Gasteiger partial charge in [0.05, 0.1) is 27.5 Å². The van der Waals surface area contributed by atoms with Crippen molar-refractivity contribution in [3.63, 3.8) is 0 Å². The summed E-state index contributed by atoms with van der Waals surface area (Å²) >= 11 is 1.38. The number of benzene rings is 2. The molecule has 158 valence electrons. The Balaban J connectivity index is 1.92. The number of nitrogens with zero attached hydrogens (tertiary/aromatic N) is 3. The minimum absolute atomic E-state index is 0.0996. The molecular formula is C24H22FN3O2S. The standard InChI is InChI=1S/C24H22FN3O2S/c1-3-14-27(24(30)21-9-6-15-31-21)16(2)22-26-20-8-5-4-7-19(20)23(29)28(22)18-12-10-17(25)11-13-18/h4-13,15-16H,3,14H2,1-2H3. The second kappa shape index (κ2) is 8.81. The molecule has 0 N–H and O–H groups in total. The first-order valence-corrected chi connectivity index (χ1v) is 11.0. The van der Waals surface area contributed by atoms with Crippen LogP contribution in [0.15, 0.2) is 70.8 Å². The van der Waals surface area contributed by atoms with Crippen LogP contribution in [0.4, 0.5) is 4.39 Å². The van der Waals surface area contributed by atoms with Gasteiger partial charge >= 0.3 is 0 Å². The molecule has 0 saturated carbocycles. The molecule has 0 aliphatic heterocycles. The Bertz CT molecular complexity index is 1270. The molecule has 1 atom stereocenters. The average molecular weight is 436 g/mol. The molecule has 2 aromatic carbocycles. The van der Waals surface area contributed by atoms with E-state index < -0.39 is 6.04 Å². The lowest BCUT2D eigenvalue weighted by Crippen LogP contribution is -2.37. The van der Waals surface area contributed by atoms with Crippen molar-refractivity contribution >= 4 is 28.1 Å². The smallest absolute Gasteiger partial charge is 0.266 e. The van der Waals surface area contributed by atoms with Crippen LogP contribution in [0, 0.1) is 5.82 Å². The van der Waals surface area contributed by atoms with Crippen LogP contribution in [0.5, 0.6) is 0 Å². The molecule has 0 aliphatic carbocycles. The summed E-state index contributed by atoms with van der Waals surface area (Å²) in [5.74, 6) is -0.0493. The first-order chi connectivity index (χ1) is 15.0. The van der Waals surface area contributed by atoms with Gasteiger partial charge in [-0.3, -0.25) is 14.2 Å². The fourth-order valence-corrected chi connectivity index (χ4v) is 4.34. The summed E-state index contributed by atoms with van der Waals surface area (Å²) in [7, 11) is 0. The quantitative estimate of drug-likeness (QED) is 0.418. The van der Waals surface area contributed by atoms with Gasteiger partial charge in [0, 0.05) is 6.54 Å². The van der Waals surface area contributed by atoms with Gasteiger partial charge in [0.25, 0.3) is 11.5 Å². The summed E-state index contributed by atoms with van der Waals surface area (Å²) in [5.41, 5.74) is 0.818. The maximum absolute atomic E-state index is 13.6. The second-order valence-electron chi connectivity index (χ2n) is 7.26. The molecule has 2 heterocycles. The van der Waals surface area contributed by atoms with Crippen molar-refractivity contribution < 1.29 is 9.18 Å². The molecule has 4 aromatic rings. The molecule has 4 rings (SSSR count). The van der Waals surface area contributed by atoms with Crippen LogP contribution in [0.2, 0.25) is 0 Å². The van der Waals surface area contributed by atoms with Gasteiger partial charge in [-0.15, -0.1) is 11.3 Å². The Morgan fingerprint density at radius 3 is 2.55 bits per heavy atom. The first-order valence-electron chi connectivity index (χ1n) is 10.1. The van der Waals surface area contributed by atoms with E-state index in [0.717, 1.165) is 6.42 Å². The maximum atomic E-state index is 13.6. The normalized spacial score (nSPS) is 12.1. The van der Waals surface area contributed by atoms with Crippen molar-refractivity contribution in [3.05, 3.63) is 92.9 Å². The summed E-state index contributed by atoms with van der Waals surface area (Å²) in [4.78, 5) is 33.8. The molecule has 0 fully saturated rings. The van der Waals surface area contributed by atoms with Crippen molar-refractivity contribution in [1.82, 2.24) is 14.5 Å². The number of rotatable bonds is 6. The van der Waals surface area contributed by atoms with E-state index in [-0.39, 0.29) is 17.3 Å². The molecule has 2 aromatic heterocycles. The topological polar surface area (TPSA) is 55.2 Å². The number of amides is 1. The number of fused-ring (bicyclic) bond motifs is 1. The average Bonchev–Trinajstić information content (AvgIpc) is 3.32. The van der Waals surface area contributed by atoms with Crippen molar-refractivity contribution in [2.75, 3.05) is 6.54 Å². The molecule has 0 spiro atoms. The van der Waals surface area contributed by atoms with E-state index in [0.29, 0.717) is 33.8 Å². The first kappa shape index (κ1) is 20.9. The highest BCUT2D eigenvalue weighted by atomic mass is 32.1. The lowest BCUT2D eigenvalue weighted by atomic mass is 10.1. The van der Waals surface area contributed by atoms with E-state index in [2.05, 4.69) is 0 Å². The van der Waals surface area contributed by atoms with Gasteiger partial charge in [-0.2, -0.15) is 0 Å². The van der Waals surface area contributed by atoms with Crippen LogP contribution in [0.1, 0.15) is 41.8 Å². The highest BCUT2D eigenvalue weighted by Crippen LogP contribution is 2.26. The SMILES string of the molecule is CCCN(C(=O)c1cccs1)C(C)c1nc2ccccc2c(=O)n1-c1ccc(F)cc1. The number of carbonyl (C=O) groups is 1. The predicted molar refractivity (Wildman–Crippen MR) is 121 cm³/mol. The number of thiophene rings is 1. The molecule has 5 nitrogen and oxygen atoms in total. The Kier molecular flexibility index (Phi) is 5.95. The summed E-state index contributed by atoms with van der Waals surface area (Å²) in [6.45, 7) is 4.39. The number of hydrogen-bond donors (Lipinski definition) is 0. The van der Waals surface area contributed by atoms with E-state index >= 15 is 0 Å². The van der Waals surface area contributed by atoms with E-state index in [1.54, 1.807) is 41.3 Å². The van der Waals surface area contributed by atoms with Gasteiger partial charge in [0.2, 0.25) is 0 Å². The van der Waals surface area contributed by atoms with Gasteiger partial charge in [0.1, 0.15) is 11.6 Å². The molecule has 0 radical (unpaired) electrons. The third-order valence-corrected chi connectivity index (χ3v) is 6.04. The molecule has 1 unspecified atom stereocenters. The third kappa shape index (κ3) is 4.01. The van der Waals surface area contributed by atoms with Crippen LogP contribution in [-0.4, -0.2) is 26.9 Å². The zero-order chi connectivity index (χ0) is 22.0. The minimum Gasteiger partial charge on any atom is -0.328 e. The van der Waals surface area contributed by atoms with Gasteiger partial charge in [-0.25, -0.2) is 9.37 Å². The molecular weight excluding hydrogens is 413 g/mol. The van der Waals surface area contributed by atoms with E-state index in [1.807, 2.05) is 31.4 Å². The van der Waals surface area contributed by atoms with Gasteiger partial charge < -0.3 is 4.90 Å². The largest absolute Gasteiger partial charge is 0.328 e. The zero-order valence-corrected chi connectivity index (χ0v) is 18.1. The zero-order valence-electron chi connectivity index (χ0n) is 17.3. The van der Waals surface area contributed by atoms with Crippen molar-refractivity contribution in [2.24, 2.45) is 0 Å². The van der Waals surface area contributed by atoms with E-state index in [1.165, 1.54) is 28.0 Å².